The van der Waals surface area contributed by atoms with Crippen LogP contribution in [0.3, 0.4) is 0 Å². The van der Waals surface area contributed by atoms with E-state index in [2.05, 4.69) is 0 Å². The smallest absolute Gasteiger partial charge is 0.254 e. The van der Waals surface area contributed by atoms with Crippen molar-refractivity contribution >= 4 is 15.9 Å². The van der Waals surface area contributed by atoms with Gasteiger partial charge in [0, 0.05) is 30.8 Å². The van der Waals surface area contributed by atoms with Gasteiger partial charge in [-0.2, -0.15) is 4.31 Å². The third-order valence-corrected chi connectivity index (χ3v) is 7.90. The summed E-state index contributed by atoms with van der Waals surface area (Å²) in [5.74, 6) is 0.543. The molecule has 7 nitrogen and oxygen atoms in total. The fourth-order valence-electron chi connectivity index (χ4n) is 4.04. The summed E-state index contributed by atoms with van der Waals surface area (Å²) in [7, 11) is -3.73. The Morgan fingerprint density at radius 3 is 2.61 bits per heavy atom. The number of morpholine rings is 1. The number of amides is 1. The summed E-state index contributed by atoms with van der Waals surface area (Å²) in [6.07, 6.45) is 0.628. The molecule has 1 fully saturated rings. The zero-order chi connectivity index (χ0) is 22.0. The van der Waals surface area contributed by atoms with Crippen molar-refractivity contribution in [3.63, 3.8) is 0 Å². The van der Waals surface area contributed by atoms with Crippen molar-refractivity contribution < 1.29 is 22.7 Å². The van der Waals surface area contributed by atoms with Crippen LogP contribution in [0.4, 0.5) is 0 Å². The van der Waals surface area contributed by atoms with Gasteiger partial charge in [-0.1, -0.05) is 25.1 Å². The van der Waals surface area contributed by atoms with Crippen molar-refractivity contribution in [2.24, 2.45) is 0 Å². The molecule has 4 rings (SSSR count). The van der Waals surface area contributed by atoms with Gasteiger partial charge >= 0.3 is 0 Å². The summed E-state index contributed by atoms with van der Waals surface area (Å²) in [5, 5.41) is 0. The molecule has 0 spiro atoms. The van der Waals surface area contributed by atoms with E-state index in [4.69, 9.17) is 9.47 Å². The minimum atomic E-state index is -3.73. The highest BCUT2D eigenvalue weighted by Gasteiger charge is 2.34. The first-order chi connectivity index (χ1) is 14.9. The third kappa shape index (κ3) is 4.33. The quantitative estimate of drug-likeness (QED) is 0.725. The lowest BCUT2D eigenvalue weighted by atomic mass is 10.1. The van der Waals surface area contributed by atoms with E-state index in [9.17, 15) is 13.2 Å². The second kappa shape index (κ2) is 8.98. The van der Waals surface area contributed by atoms with Gasteiger partial charge in [0.25, 0.3) is 5.91 Å². The first-order valence-corrected chi connectivity index (χ1v) is 12.1. The van der Waals surface area contributed by atoms with Crippen LogP contribution in [0.25, 0.3) is 0 Å². The van der Waals surface area contributed by atoms with Crippen molar-refractivity contribution in [2.45, 2.75) is 37.8 Å². The minimum Gasteiger partial charge on any atom is -0.492 e. The molecule has 0 N–H and O–H groups in total. The molecule has 2 aromatic carbocycles. The molecule has 2 aromatic rings. The summed E-state index contributed by atoms with van der Waals surface area (Å²) in [5.41, 5.74) is 2.02. The number of aryl methyl sites for hydroxylation is 1. The van der Waals surface area contributed by atoms with E-state index in [1.54, 1.807) is 35.2 Å². The molecule has 0 bridgehead atoms. The maximum Gasteiger partial charge on any atom is 0.254 e. The van der Waals surface area contributed by atoms with E-state index in [-0.39, 0.29) is 25.1 Å². The van der Waals surface area contributed by atoms with Crippen molar-refractivity contribution in [3.8, 4) is 5.75 Å². The zero-order valence-electron chi connectivity index (χ0n) is 17.9. The maximum atomic E-state index is 13.6. The Balaban J connectivity index is 1.67. The molecule has 2 heterocycles. The SMILES string of the molecule is CCc1ccccc1S(=O)(=O)N1Cc2cc(C(=O)N3CCOCC3)ccc2OC[C@@H]1C. The predicted octanol–water partition coefficient (Wildman–Crippen LogP) is 2.69. The highest BCUT2D eigenvalue weighted by atomic mass is 32.2. The molecule has 1 atom stereocenters. The lowest BCUT2D eigenvalue weighted by molar-refractivity contribution is 0.0303. The van der Waals surface area contributed by atoms with Gasteiger partial charge in [-0.05, 0) is 43.2 Å². The van der Waals surface area contributed by atoms with E-state index < -0.39 is 10.0 Å². The number of carbonyl (C=O) groups is 1. The van der Waals surface area contributed by atoms with E-state index in [0.29, 0.717) is 54.5 Å². The number of hydrogen-bond donors (Lipinski definition) is 0. The lowest BCUT2D eigenvalue weighted by Gasteiger charge is -2.27. The molecule has 166 valence electrons. The summed E-state index contributed by atoms with van der Waals surface area (Å²) in [6.45, 7) is 6.36. The third-order valence-electron chi connectivity index (χ3n) is 5.84. The van der Waals surface area contributed by atoms with Gasteiger partial charge in [-0.25, -0.2) is 8.42 Å². The van der Waals surface area contributed by atoms with Crippen LogP contribution in [0.1, 0.15) is 35.3 Å². The first-order valence-electron chi connectivity index (χ1n) is 10.6. The second-order valence-electron chi connectivity index (χ2n) is 7.90. The number of sulfonamides is 1. The number of hydrogen-bond acceptors (Lipinski definition) is 5. The summed E-state index contributed by atoms with van der Waals surface area (Å²) in [4.78, 5) is 15.0. The summed E-state index contributed by atoms with van der Waals surface area (Å²) >= 11 is 0. The van der Waals surface area contributed by atoms with Crippen molar-refractivity contribution in [1.82, 2.24) is 9.21 Å². The van der Waals surface area contributed by atoms with Gasteiger partial charge in [-0.3, -0.25) is 4.79 Å². The second-order valence-corrected chi connectivity index (χ2v) is 9.76. The van der Waals surface area contributed by atoms with E-state index in [1.807, 2.05) is 26.0 Å². The van der Waals surface area contributed by atoms with Crippen molar-refractivity contribution in [1.29, 1.82) is 0 Å². The summed E-state index contributed by atoms with van der Waals surface area (Å²) < 4.78 is 39.9. The van der Waals surface area contributed by atoms with E-state index in [1.165, 1.54) is 4.31 Å². The van der Waals surface area contributed by atoms with Crippen molar-refractivity contribution in [3.05, 3.63) is 59.2 Å². The molecule has 1 amide bonds. The molecule has 2 aliphatic heterocycles. The Kier molecular flexibility index (Phi) is 6.31. The molecule has 8 heteroatoms. The van der Waals surface area contributed by atoms with Crippen LogP contribution in [0.5, 0.6) is 5.75 Å². The fraction of sp³-hybridized carbons (Fsp3) is 0.435. The van der Waals surface area contributed by atoms with Crippen molar-refractivity contribution in [2.75, 3.05) is 32.9 Å². The van der Waals surface area contributed by atoms with Crippen LogP contribution in [0.2, 0.25) is 0 Å². The predicted molar refractivity (Wildman–Crippen MR) is 117 cm³/mol. The van der Waals surface area contributed by atoms with Crippen LogP contribution in [0, 0.1) is 0 Å². The highest BCUT2D eigenvalue weighted by Crippen LogP contribution is 2.31. The van der Waals surface area contributed by atoms with Gasteiger partial charge in [0.1, 0.15) is 12.4 Å². The number of fused-ring (bicyclic) bond motifs is 1. The number of ether oxygens (including phenoxy) is 2. The van der Waals surface area contributed by atoms with E-state index in [0.717, 1.165) is 5.56 Å². The highest BCUT2D eigenvalue weighted by molar-refractivity contribution is 7.89. The Morgan fingerprint density at radius 1 is 1.13 bits per heavy atom. The van der Waals surface area contributed by atoms with Crippen LogP contribution < -0.4 is 4.74 Å². The number of nitrogens with zero attached hydrogens (tertiary/aromatic N) is 2. The van der Waals surface area contributed by atoms with Crippen LogP contribution in [-0.4, -0.2) is 62.5 Å². The number of carbonyl (C=O) groups excluding carboxylic acids is 1. The molecular weight excluding hydrogens is 416 g/mol. The van der Waals surface area contributed by atoms with Gasteiger partial charge in [0.2, 0.25) is 10.0 Å². The largest absolute Gasteiger partial charge is 0.492 e. The molecule has 31 heavy (non-hydrogen) atoms. The summed E-state index contributed by atoms with van der Waals surface area (Å²) in [6, 6.07) is 12.0. The van der Waals surface area contributed by atoms with Crippen LogP contribution >= 0.6 is 0 Å². The van der Waals surface area contributed by atoms with Crippen LogP contribution in [-0.2, 0) is 27.7 Å². The molecule has 0 unspecified atom stereocenters. The topological polar surface area (TPSA) is 76.2 Å². The molecule has 2 aliphatic rings. The first kappa shape index (κ1) is 21.8. The Hall–Kier alpha value is -2.42. The fourth-order valence-corrected chi connectivity index (χ4v) is 5.93. The van der Waals surface area contributed by atoms with Gasteiger partial charge in [-0.15, -0.1) is 0 Å². The number of rotatable bonds is 4. The average molecular weight is 445 g/mol. The Bertz CT molecular complexity index is 1060. The average Bonchev–Trinajstić information content (AvgIpc) is 2.98. The molecule has 0 radical (unpaired) electrons. The Labute approximate surface area is 183 Å². The van der Waals surface area contributed by atoms with Crippen LogP contribution in [0.15, 0.2) is 47.4 Å². The Morgan fingerprint density at radius 2 is 1.87 bits per heavy atom. The molecule has 1 saturated heterocycles. The molecular formula is C23H28N2O5S. The minimum absolute atomic E-state index is 0.0749. The maximum absolute atomic E-state index is 13.6. The monoisotopic (exact) mass is 444 g/mol. The molecule has 0 aliphatic carbocycles. The standard InChI is InChI=1S/C23H28N2O5S/c1-3-18-6-4-5-7-22(18)31(27,28)25-15-20-14-19(8-9-21(20)30-16-17(25)2)23(26)24-10-12-29-13-11-24/h4-9,14,17H,3,10-13,15-16H2,1-2H3/t17-/m0/s1. The lowest BCUT2D eigenvalue weighted by Crippen LogP contribution is -2.41. The normalized spacial score (nSPS) is 19.9. The molecule has 0 aromatic heterocycles. The van der Waals surface area contributed by atoms with Gasteiger partial charge < -0.3 is 14.4 Å². The number of benzene rings is 2. The molecule has 0 saturated carbocycles. The van der Waals surface area contributed by atoms with Gasteiger partial charge in [0.05, 0.1) is 24.2 Å². The zero-order valence-corrected chi connectivity index (χ0v) is 18.7. The van der Waals surface area contributed by atoms with Gasteiger partial charge in [0.15, 0.2) is 0 Å². The van der Waals surface area contributed by atoms with E-state index >= 15 is 0 Å².